The zero-order chi connectivity index (χ0) is 13.4. The smallest absolute Gasteiger partial charge is 0.410 e. The average Bonchev–Trinajstić information content (AvgIpc) is 2.89. The number of carbonyl (C=O) groups is 2. The molecule has 1 aromatic heterocycles. The van der Waals surface area contributed by atoms with Crippen LogP contribution < -0.4 is 0 Å². The Kier molecular flexibility index (Phi) is 5.95. The van der Waals surface area contributed by atoms with Crippen LogP contribution >= 0.6 is 11.3 Å². The van der Waals surface area contributed by atoms with Gasteiger partial charge in [-0.25, -0.2) is 4.79 Å². The summed E-state index contributed by atoms with van der Waals surface area (Å²) >= 11 is 1.41. The molecule has 0 spiro atoms. The molecule has 0 unspecified atom stereocenters. The number of thiophene rings is 1. The first-order valence-corrected chi connectivity index (χ1v) is 6.37. The van der Waals surface area contributed by atoms with Crippen LogP contribution in [0.5, 0.6) is 0 Å². The summed E-state index contributed by atoms with van der Waals surface area (Å²) in [4.78, 5) is 25.2. The third-order valence-electron chi connectivity index (χ3n) is 2.23. The summed E-state index contributed by atoms with van der Waals surface area (Å²) in [5.41, 5.74) is 0. The van der Waals surface area contributed by atoms with Gasteiger partial charge in [0.05, 0.1) is 4.88 Å². The zero-order valence-corrected chi connectivity index (χ0v) is 11.3. The number of hydrogen-bond donors (Lipinski definition) is 0. The Labute approximate surface area is 111 Å². The highest BCUT2D eigenvalue weighted by molar-refractivity contribution is 7.12. The Balaban J connectivity index is 2.31. The van der Waals surface area contributed by atoms with Crippen LogP contribution in [0.2, 0.25) is 0 Å². The average molecular weight is 265 g/mol. The van der Waals surface area contributed by atoms with Crippen molar-refractivity contribution in [2.24, 2.45) is 0 Å². The molecule has 0 aliphatic carbocycles. The molecule has 1 rings (SSSR count). The Morgan fingerprint density at radius 2 is 2.28 bits per heavy atom. The highest BCUT2D eigenvalue weighted by Gasteiger charge is 2.12. The second kappa shape index (κ2) is 7.51. The van der Waals surface area contributed by atoms with E-state index in [-0.39, 0.29) is 12.4 Å². The van der Waals surface area contributed by atoms with Gasteiger partial charge in [-0.15, -0.1) is 17.3 Å². The lowest BCUT2D eigenvalue weighted by atomic mass is 10.2. The molecule has 0 N–H and O–H groups in total. The first kappa shape index (κ1) is 14.3. The predicted octanol–water partition coefficient (Wildman–Crippen LogP) is 2.41. The van der Waals surface area contributed by atoms with Crippen LogP contribution in [0.15, 0.2) is 17.5 Å². The maximum Gasteiger partial charge on any atom is 0.410 e. The topological polar surface area (TPSA) is 46.6 Å². The number of Topliss-reactive ketones (excluding diaryl/α,β-unsaturated/α-hetero) is 1. The molecule has 0 bridgehead atoms. The van der Waals surface area contributed by atoms with Gasteiger partial charge in [0.25, 0.3) is 0 Å². The fraction of sp³-hybridized carbons (Fsp3) is 0.385. The largest absolute Gasteiger partial charge is 0.436 e. The number of carbonyl (C=O) groups excluding carboxylic acids is 2. The number of nitrogens with zero attached hydrogens (tertiary/aromatic N) is 1. The van der Waals surface area contributed by atoms with Crippen molar-refractivity contribution in [2.75, 3.05) is 20.2 Å². The molecular weight excluding hydrogens is 250 g/mol. The van der Waals surface area contributed by atoms with Gasteiger partial charge in [-0.05, 0) is 18.4 Å². The maximum atomic E-state index is 11.7. The molecule has 18 heavy (non-hydrogen) atoms. The van der Waals surface area contributed by atoms with E-state index in [1.807, 2.05) is 11.4 Å². The minimum Gasteiger partial charge on any atom is -0.436 e. The summed E-state index contributed by atoms with van der Waals surface area (Å²) < 4.78 is 4.87. The number of ketones is 1. The van der Waals surface area contributed by atoms with Gasteiger partial charge in [0.15, 0.2) is 12.4 Å². The van der Waals surface area contributed by atoms with E-state index in [9.17, 15) is 9.59 Å². The van der Waals surface area contributed by atoms with Crippen LogP contribution in [0.25, 0.3) is 0 Å². The fourth-order valence-electron chi connectivity index (χ4n) is 1.20. The number of ether oxygens (including phenoxy) is 1. The Morgan fingerprint density at radius 1 is 1.50 bits per heavy atom. The molecule has 1 heterocycles. The van der Waals surface area contributed by atoms with Gasteiger partial charge >= 0.3 is 6.09 Å². The van der Waals surface area contributed by atoms with E-state index >= 15 is 0 Å². The van der Waals surface area contributed by atoms with Crippen molar-refractivity contribution < 1.29 is 14.3 Å². The minimum atomic E-state index is -0.461. The van der Waals surface area contributed by atoms with Gasteiger partial charge in [-0.1, -0.05) is 12.0 Å². The maximum absolute atomic E-state index is 11.7. The fourth-order valence-corrected chi connectivity index (χ4v) is 1.90. The van der Waals surface area contributed by atoms with E-state index in [1.165, 1.54) is 16.2 Å². The summed E-state index contributed by atoms with van der Waals surface area (Å²) in [5, 5.41) is 1.86. The lowest BCUT2D eigenvalue weighted by Crippen LogP contribution is -2.29. The molecule has 96 valence electrons. The van der Waals surface area contributed by atoms with Crippen molar-refractivity contribution in [1.82, 2.24) is 4.90 Å². The monoisotopic (exact) mass is 265 g/mol. The second-order valence-electron chi connectivity index (χ2n) is 3.55. The van der Waals surface area contributed by atoms with Crippen LogP contribution in [-0.2, 0) is 4.74 Å². The van der Waals surface area contributed by atoms with E-state index in [0.717, 1.165) is 0 Å². The Morgan fingerprint density at radius 3 is 2.89 bits per heavy atom. The third kappa shape index (κ3) is 4.60. The molecule has 0 fully saturated rings. The summed E-state index contributed by atoms with van der Waals surface area (Å²) in [6.07, 6.45) is -0.164. The molecule has 0 saturated carbocycles. The van der Waals surface area contributed by atoms with Crippen LogP contribution in [0, 0.1) is 11.8 Å². The van der Waals surface area contributed by atoms with Crippen molar-refractivity contribution in [2.45, 2.75) is 13.3 Å². The van der Waals surface area contributed by atoms with Crippen molar-refractivity contribution in [3.05, 3.63) is 22.4 Å². The lowest BCUT2D eigenvalue weighted by Gasteiger charge is -2.15. The Hall–Kier alpha value is -1.80. The van der Waals surface area contributed by atoms with E-state index in [0.29, 0.717) is 17.8 Å². The molecule has 0 aliphatic heterocycles. The molecule has 1 aromatic rings. The predicted molar refractivity (Wildman–Crippen MR) is 70.7 cm³/mol. The molecule has 5 heteroatoms. The van der Waals surface area contributed by atoms with E-state index < -0.39 is 6.09 Å². The van der Waals surface area contributed by atoms with E-state index in [4.69, 9.17) is 4.74 Å². The van der Waals surface area contributed by atoms with Crippen LogP contribution in [0.1, 0.15) is 23.0 Å². The van der Waals surface area contributed by atoms with E-state index in [2.05, 4.69) is 11.8 Å². The molecular formula is C13H15NO3S. The molecule has 0 atom stereocenters. The molecule has 0 aliphatic rings. The minimum absolute atomic E-state index is 0.0398. The van der Waals surface area contributed by atoms with Crippen molar-refractivity contribution >= 4 is 23.2 Å². The number of amides is 1. The zero-order valence-electron chi connectivity index (χ0n) is 10.4. The van der Waals surface area contributed by atoms with Gasteiger partial charge in [-0.3, -0.25) is 4.79 Å². The van der Waals surface area contributed by atoms with Gasteiger partial charge in [-0.2, -0.15) is 0 Å². The van der Waals surface area contributed by atoms with Crippen molar-refractivity contribution in [1.29, 1.82) is 0 Å². The summed E-state index contributed by atoms with van der Waals surface area (Å²) in [7, 11) is 1.60. The van der Waals surface area contributed by atoms with E-state index in [1.54, 1.807) is 20.0 Å². The summed E-state index contributed by atoms with van der Waals surface area (Å²) in [6.45, 7) is 2.10. The molecule has 4 nitrogen and oxygen atoms in total. The van der Waals surface area contributed by atoms with Gasteiger partial charge in [0.1, 0.15) is 0 Å². The SMILES string of the molecule is CC#CCOC(=O)N(C)CCC(=O)c1cccs1. The number of hydrogen-bond acceptors (Lipinski definition) is 4. The van der Waals surface area contributed by atoms with Gasteiger partial charge in [0.2, 0.25) is 0 Å². The molecule has 0 saturated heterocycles. The van der Waals surface area contributed by atoms with Crippen molar-refractivity contribution in [3.8, 4) is 11.8 Å². The standard InChI is InChI=1S/C13H15NO3S/c1-3-4-9-17-13(16)14(2)8-7-11(15)12-6-5-10-18-12/h5-6,10H,7-9H2,1-2H3. The lowest BCUT2D eigenvalue weighted by molar-refractivity contribution is 0.0957. The van der Waals surface area contributed by atoms with Gasteiger partial charge < -0.3 is 9.64 Å². The van der Waals surface area contributed by atoms with Gasteiger partial charge in [0, 0.05) is 20.0 Å². The summed E-state index contributed by atoms with van der Waals surface area (Å²) in [6, 6.07) is 3.61. The highest BCUT2D eigenvalue weighted by atomic mass is 32.1. The quantitative estimate of drug-likeness (QED) is 0.606. The molecule has 0 aromatic carbocycles. The van der Waals surface area contributed by atoms with Crippen LogP contribution in [-0.4, -0.2) is 37.0 Å². The normalized spacial score (nSPS) is 9.22. The summed E-state index contributed by atoms with van der Waals surface area (Å²) in [5.74, 6) is 5.31. The highest BCUT2D eigenvalue weighted by Crippen LogP contribution is 2.11. The second-order valence-corrected chi connectivity index (χ2v) is 4.50. The van der Waals surface area contributed by atoms with Crippen LogP contribution in [0.4, 0.5) is 4.79 Å². The molecule has 0 radical (unpaired) electrons. The molecule has 1 amide bonds. The third-order valence-corrected chi connectivity index (χ3v) is 3.14. The van der Waals surface area contributed by atoms with Crippen LogP contribution in [0.3, 0.4) is 0 Å². The number of rotatable bonds is 5. The first-order chi connectivity index (χ1) is 8.65. The first-order valence-electron chi connectivity index (χ1n) is 5.49. The van der Waals surface area contributed by atoms with Crippen molar-refractivity contribution in [3.63, 3.8) is 0 Å². The Bertz CT molecular complexity index is 456.